The van der Waals surface area contributed by atoms with Crippen molar-refractivity contribution >= 4 is 38.3 Å². The maximum absolute atomic E-state index is 11.2. The molecule has 0 spiro atoms. The smallest absolute Gasteiger partial charge is 0.229 e. The Hall–Kier alpha value is -1.40. The molecule has 0 unspecified atom stereocenters. The van der Waals surface area contributed by atoms with Crippen LogP contribution in [0.5, 0.6) is 0 Å². The molecule has 0 atom stereocenters. The summed E-state index contributed by atoms with van der Waals surface area (Å²) in [5.74, 6) is 0. The van der Waals surface area contributed by atoms with Crippen molar-refractivity contribution in [3.63, 3.8) is 0 Å². The molecule has 2 aromatic rings. The highest BCUT2D eigenvalue weighted by Gasteiger charge is 2.11. The highest BCUT2D eigenvalue weighted by Crippen LogP contribution is 2.29. The maximum atomic E-state index is 11.2. The lowest BCUT2D eigenvalue weighted by molar-refractivity contribution is 0.607. The first kappa shape index (κ1) is 11.1. The summed E-state index contributed by atoms with van der Waals surface area (Å²) in [6.07, 6.45) is 4.06. The van der Waals surface area contributed by atoms with Crippen LogP contribution in [0.25, 0.3) is 11.0 Å². The van der Waals surface area contributed by atoms with Gasteiger partial charge in [0.2, 0.25) is 10.0 Å². The van der Waals surface area contributed by atoms with Gasteiger partial charge in [0.05, 0.1) is 22.5 Å². The molecule has 1 aromatic heterocycles. The highest BCUT2D eigenvalue weighted by molar-refractivity contribution is 7.92. The fraction of sp³-hybridized carbons (Fsp3) is 0.111. The van der Waals surface area contributed by atoms with Gasteiger partial charge < -0.3 is 0 Å². The first-order valence-corrected chi connectivity index (χ1v) is 6.61. The number of halogens is 1. The molecular formula is C9H8ClN3O2S. The molecule has 0 saturated heterocycles. The van der Waals surface area contributed by atoms with E-state index in [1.165, 1.54) is 12.4 Å². The molecule has 0 fully saturated rings. The minimum absolute atomic E-state index is 0.259. The average Bonchev–Trinajstić information content (AvgIpc) is 2.21. The Balaban J connectivity index is 2.71. The molecule has 0 bridgehead atoms. The third-order valence-corrected chi connectivity index (χ3v) is 2.77. The van der Waals surface area contributed by atoms with E-state index in [0.717, 1.165) is 6.26 Å². The minimum Gasteiger partial charge on any atom is -0.280 e. The van der Waals surface area contributed by atoms with Crippen molar-refractivity contribution in [2.75, 3.05) is 11.0 Å². The van der Waals surface area contributed by atoms with Gasteiger partial charge in [0.1, 0.15) is 5.52 Å². The number of rotatable bonds is 2. The van der Waals surface area contributed by atoms with E-state index in [2.05, 4.69) is 14.7 Å². The molecule has 0 aliphatic carbocycles. The predicted octanol–water partition coefficient (Wildman–Crippen LogP) is 1.65. The lowest BCUT2D eigenvalue weighted by Gasteiger charge is -2.08. The number of aromatic nitrogens is 2. The van der Waals surface area contributed by atoms with E-state index in [4.69, 9.17) is 11.6 Å². The number of fused-ring (bicyclic) bond motifs is 1. The fourth-order valence-corrected chi connectivity index (χ4v) is 2.13. The molecule has 0 aliphatic rings. The fourth-order valence-electron chi connectivity index (χ4n) is 1.29. The second-order valence-corrected chi connectivity index (χ2v) is 5.38. The molecule has 0 amide bonds. The Bertz CT molecular complexity index is 642. The predicted molar refractivity (Wildman–Crippen MR) is 63.0 cm³/mol. The van der Waals surface area contributed by atoms with Gasteiger partial charge in [-0.1, -0.05) is 11.6 Å². The van der Waals surface area contributed by atoms with Gasteiger partial charge in [-0.25, -0.2) is 8.42 Å². The van der Waals surface area contributed by atoms with E-state index in [1.54, 1.807) is 12.1 Å². The third-order valence-electron chi connectivity index (χ3n) is 1.88. The SMILES string of the molecule is CS(=O)(=O)Nc1c(Cl)ccc2nccnc12. The van der Waals surface area contributed by atoms with Crippen molar-refractivity contribution < 1.29 is 8.42 Å². The molecule has 0 saturated carbocycles. The largest absolute Gasteiger partial charge is 0.280 e. The molecule has 1 aromatic carbocycles. The zero-order chi connectivity index (χ0) is 11.8. The van der Waals surface area contributed by atoms with Gasteiger partial charge in [0.25, 0.3) is 0 Å². The molecule has 5 nitrogen and oxygen atoms in total. The van der Waals surface area contributed by atoms with Crippen LogP contribution in [0.15, 0.2) is 24.5 Å². The third kappa shape index (κ3) is 2.23. The van der Waals surface area contributed by atoms with Crippen molar-refractivity contribution in [3.8, 4) is 0 Å². The zero-order valence-corrected chi connectivity index (χ0v) is 9.88. The van der Waals surface area contributed by atoms with Crippen LogP contribution >= 0.6 is 11.6 Å². The van der Waals surface area contributed by atoms with E-state index >= 15 is 0 Å². The van der Waals surface area contributed by atoms with Crippen molar-refractivity contribution in [2.45, 2.75) is 0 Å². The van der Waals surface area contributed by atoms with Gasteiger partial charge in [-0.3, -0.25) is 14.7 Å². The Morgan fingerprint density at radius 1 is 1.25 bits per heavy atom. The van der Waals surface area contributed by atoms with Gasteiger partial charge in [0, 0.05) is 12.4 Å². The summed E-state index contributed by atoms with van der Waals surface area (Å²) in [5, 5.41) is 0.290. The summed E-state index contributed by atoms with van der Waals surface area (Å²) in [7, 11) is -3.39. The summed E-state index contributed by atoms with van der Waals surface area (Å²) in [6.45, 7) is 0. The summed E-state index contributed by atoms with van der Waals surface area (Å²) in [4.78, 5) is 8.11. The van der Waals surface area contributed by atoms with Crippen LogP contribution < -0.4 is 4.72 Å². The number of nitrogens with one attached hydrogen (secondary N) is 1. The molecule has 0 aliphatic heterocycles. The number of hydrogen-bond acceptors (Lipinski definition) is 4. The zero-order valence-electron chi connectivity index (χ0n) is 8.31. The van der Waals surface area contributed by atoms with Crippen LogP contribution in [0.1, 0.15) is 0 Å². The first-order valence-electron chi connectivity index (χ1n) is 4.34. The second-order valence-electron chi connectivity index (χ2n) is 3.22. The molecular weight excluding hydrogens is 250 g/mol. The van der Waals surface area contributed by atoms with Gasteiger partial charge >= 0.3 is 0 Å². The molecule has 7 heteroatoms. The Morgan fingerprint density at radius 2 is 1.94 bits per heavy atom. The molecule has 84 valence electrons. The topological polar surface area (TPSA) is 72.0 Å². The standard InChI is InChI=1S/C9H8ClN3O2S/c1-16(14,15)13-8-6(10)2-3-7-9(8)12-5-4-11-7/h2-5,13H,1H3. The summed E-state index contributed by atoms with van der Waals surface area (Å²) in [6, 6.07) is 3.25. The normalized spacial score (nSPS) is 11.6. The lowest BCUT2D eigenvalue weighted by Crippen LogP contribution is -2.10. The second kappa shape index (κ2) is 3.88. The Morgan fingerprint density at radius 3 is 2.62 bits per heavy atom. The molecule has 16 heavy (non-hydrogen) atoms. The van der Waals surface area contributed by atoms with Crippen molar-refractivity contribution in [3.05, 3.63) is 29.5 Å². The minimum atomic E-state index is -3.39. The number of anilines is 1. The van der Waals surface area contributed by atoms with Gasteiger partial charge in [-0.05, 0) is 12.1 Å². The molecule has 0 radical (unpaired) electrons. The van der Waals surface area contributed by atoms with E-state index in [1.807, 2.05) is 0 Å². The van der Waals surface area contributed by atoms with E-state index in [-0.39, 0.29) is 5.69 Å². The summed E-state index contributed by atoms with van der Waals surface area (Å²) < 4.78 is 24.7. The highest BCUT2D eigenvalue weighted by atomic mass is 35.5. The van der Waals surface area contributed by atoms with Crippen LogP contribution in [0.2, 0.25) is 5.02 Å². The molecule has 1 N–H and O–H groups in total. The van der Waals surface area contributed by atoms with Crippen LogP contribution in [0.4, 0.5) is 5.69 Å². The van der Waals surface area contributed by atoms with Crippen LogP contribution in [-0.2, 0) is 10.0 Å². The van der Waals surface area contributed by atoms with E-state index in [0.29, 0.717) is 16.1 Å². The lowest BCUT2D eigenvalue weighted by atomic mass is 10.2. The van der Waals surface area contributed by atoms with Crippen LogP contribution in [-0.4, -0.2) is 24.6 Å². The quantitative estimate of drug-likeness (QED) is 0.888. The van der Waals surface area contributed by atoms with Crippen LogP contribution in [0.3, 0.4) is 0 Å². The number of benzene rings is 1. The van der Waals surface area contributed by atoms with Gasteiger partial charge in [-0.15, -0.1) is 0 Å². The summed E-state index contributed by atoms with van der Waals surface area (Å²) >= 11 is 5.91. The van der Waals surface area contributed by atoms with Gasteiger partial charge in [-0.2, -0.15) is 0 Å². The Kier molecular flexibility index (Phi) is 2.69. The average molecular weight is 258 g/mol. The van der Waals surface area contributed by atoms with Crippen LogP contribution in [0, 0.1) is 0 Å². The maximum Gasteiger partial charge on any atom is 0.229 e. The van der Waals surface area contributed by atoms with Crippen molar-refractivity contribution in [1.82, 2.24) is 9.97 Å². The number of nitrogens with zero attached hydrogens (tertiary/aromatic N) is 2. The Labute approximate surface area is 97.5 Å². The molecule has 1 heterocycles. The number of hydrogen-bond donors (Lipinski definition) is 1. The monoisotopic (exact) mass is 257 g/mol. The van der Waals surface area contributed by atoms with Crippen molar-refractivity contribution in [1.29, 1.82) is 0 Å². The number of sulfonamides is 1. The first-order chi connectivity index (χ1) is 7.47. The van der Waals surface area contributed by atoms with Gasteiger partial charge in [0.15, 0.2) is 0 Å². The van der Waals surface area contributed by atoms with E-state index in [9.17, 15) is 8.42 Å². The molecule has 2 rings (SSSR count). The van der Waals surface area contributed by atoms with Crippen molar-refractivity contribution in [2.24, 2.45) is 0 Å². The summed E-state index contributed by atoms with van der Waals surface area (Å²) in [5.41, 5.74) is 1.27. The van der Waals surface area contributed by atoms with E-state index < -0.39 is 10.0 Å².